The molecule has 0 radical (unpaired) electrons. The molecule has 1 saturated heterocycles. The van der Waals surface area contributed by atoms with Crippen molar-refractivity contribution in [3.05, 3.63) is 34.3 Å². The van der Waals surface area contributed by atoms with Crippen LogP contribution in [0.5, 0.6) is 0 Å². The van der Waals surface area contributed by atoms with Gasteiger partial charge in [0.1, 0.15) is 0 Å². The molecule has 1 atom stereocenters. The van der Waals surface area contributed by atoms with Crippen LogP contribution < -0.4 is 5.32 Å². The highest BCUT2D eigenvalue weighted by molar-refractivity contribution is 9.10. The molecule has 1 aromatic carbocycles. The van der Waals surface area contributed by atoms with Crippen LogP contribution in [0.1, 0.15) is 52.5 Å². The highest BCUT2D eigenvalue weighted by atomic mass is 79.9. The van der Waals surface area contributed by atoms with E-state index in [0.29, 0.717) is 0 Å². The summed E-state index contributed by atoms with van der Waals surface area (Å²) >= 11 is 3.70. The van der Waals surface area contributed by atoms with Gasteiger partial charge in [0.15, 0.2) is 0 Å². The zero-order valence-corrected chi connectivity index (χ0v) is 15.5. The van der Waals surface area contributed by atoms with Gasteiger partial charge < -0.3 is 5.32 Å². The number of halogens is 1. The van der Waals surface area contributed by atoms with Gasteiger partial charge in [0.25, 0.3) is 0 Å². The topological polar surface area (TPSA) is 15.3 Å². The fourth-order valence-electron chi connectivity index (χ4n) is 3.25. The second-order valence-electron chi connectivity index (χ2n) is 6.64. The molecule has 0 bridgehead atoms. The quantitative estimate of drug-likeness (QED) is 0.833. The van der Waals surface area contributed by atoms with Crippen LogP contribution in [0.15, 0.2) is 28.7 Å². The first-order chi connectivity index (χ1) is 9.98. The molecule has 1 aliphatic heterocycles. The molecule has 1 aromatic rings. The van der Waals surface area contributed by atoms with Gasteiger partial charge in [-0.3, -0.25) is 4.90 Å². The predicted molar refractivity (Wildman–Crippen MR) is 94.6 cm³/mol. The molecular weight excluding hydrogens is 324 g/mol. The molecule has 21 heavy (non-hydrogen) atoms. The van der Waals surface area contributed by atoms with Crippen molar-refractivity contribution in [2.75, 3.05) is 13.1 Å². The van der Waals surface area contributed by atoms with Crippen LogP contribution in [-0.4, -0.2) is 29.1 Å². The molecule has 1 heterocycles. The molecule has 0 amide bonds. The largest absolute Gasteiger partial charge is 0.308 e. The molecule has 118 valence electrons. The van der Waals surface area contributed by atoms with E-state index in [4.69, 9.17) is 0 Å². The summed E-state index contributed by atoms with van der Waals surface area (Å²) in [5.41, 5.74) is 1.90. The molecule has 0 spiro atoms. The van der Waals surface area contributed by atoms with Crippen molar-refractivity contribution in [3.63, 3.8) is 0 Å². The summed E-state index contributed by atoms with van der Waals surface area (Å²) < 4.78 is 1.22. The average molecular weight is 353 g/mol. The summed E-state index contributed by atoms with van der Waals surface area (Å²) in [4.78, 5) is 2.69. The van der Waals surface area contributed by atoms with Crippen LogP contribution >= 0.6 is 15.9 Å². The van der Waals surface area contributed by atoms with Crippen molar-refractivity contribution in [1.29, 1.82) is 0 Å². The van der Waals surface area contributed by atoms with Crippen molar-refractivity contribution >= 4 is 15.9 Å². The Balaban J connectivity index is 2.25. The van der Waals surface area contributed by atoms with E-state index in [1.807, 2.05) is 0 Å². The first-order valence-corrected chi connectivity index (χ1v) is 9.01. The lowest BCUT2D eigenvalue weighted by Gasteiger charge is -2.53. The van der Waals surface area contributed by atoms with E-state index in [0.717, 1.165) is 19.6 Å². The number of rotatable bonds is 5. The van der Waals surface area contributed by atoms with Gasteiger partial charge in [-0.1, -0.05) is 54.9 Å². The molecule has 1 N–H and O–H groups in total. The number of nitrogens with zero attached hydrogens (tertiary/aromatic N) is 1. The highest BCUT2D eigenvalue weighted by Crippen LogP contribution is 2.32. The summed E-state index contributed by atoms with van der Waals surface area (Å²) in [5, 5.41) is 3.85. The minimum Gasteiger partial charge on any atom is -0.308 e. The monoisotopic (exact) mass is 352 g/mol. The molecule has 1 aliphatic rings. The molecule has 3 heteroatoms. The SMILES string of the molecule is CCC1(CC)CN(Cc2ccccc2Br)C(C)(CC)CN1. The third-order valence-corrected chi connectivity index (χ3v) is 6.31. The average Bonchev–Trinajstić information content (AvgIpc) is 2.52. The standard InChI is InChI=1S/C18H29BrN2/c1-5-17(4)13-20-18(6-2,7-3)14-21(17)12-15-10-8-9-11-16(15)19/h8-11,20H,5-7,12-14H2,1-4H3. The minimum absolute atomic E-state index is 0.239. The predicted octanol–water partition coefficient (Wildman–Crippen LogP) is 4.58. The summed E-state index contributed by atoms with van der Waals surface area (Å²) in [7, 11) is 0. The summed E-state index contributed by atoms with van der Waals surface area (Å²) in [6.45, 7) is 12.5. The molecule has 0 aromatic heterocycles. The second-order valence-corrected chi connectivity index (χ2v) is 7.49. The summed E-state index contributed by atoms with van der Waals surface area (Å²) in [5.74, 6) is 0. The summed E-state index contributed by atoms with van der Waals surface area (Å²) in [6.07, 6.45) is 3.56. The highest BCUT2D eigenvalue weighted by Gasteiger charge is 2.42. The van der Waals surface area contributed by atoms with Crippen LogP contribution in [0.2, 0.25) is 0 Å². The molecule has 0 aliphatic carbocycles. The molecule has 0 saturated carbocycles. The Bertz CT molecular complexity index is 470. The maximum Gasteiger partial charge on any atom is 0.0307 e. The normalized spacial score (nSPS) is 26.0. The third-order valence-electron chi connectivity index (χ3n) is 5.54. The molecule has 1 unspecified atom stereocenters. The fourth-order valence-corrected chi connectivity index (χ4v) is 3.66. The van der Waals surface area contributed by atoms with Gasteiger partial charge >= 0.3 is 0 Å². The van der Waals surface area contributed by atoms with Gasteiger partial charge in [-0.15, -0.1) is 0 Å². The van der Waals surface area contributed by atoms with Crippen LogP contribution in [0.25, 0.3) is 0 Å². The van der Waals surface area contributed by atoms with E-state index in [2.05, 4.69) is 78.1 Å². The van der Waals surface area contributed by atoms with E-state index in [1.54, 1.807) is 0 Å². The van der Waals surface area contributed by atoms with E-state index < -0.39 is 0 Å². The van der Waals surface area contributed by atoms with Crippen LogP contribution in [0.3, 0.4) is 0 Å². The van der Waals surface area contributed by atoms with E-state index >= 15 is 0 Å². The second kappa shape index (κ2) is 6.80. The Morgan fingerprint density at radius 3 is 2.38 bits per heavy atom. The Morgan fingerprint density at radius 1 is 1.14 bits per heavy atom. The van der Waals surface area contributed by atoms with Crippen LogP contribution in [0.4, 0.5) is 0 Å². The third kappa shape index (κ3) is 3.52. The molecule has 2 nitrogen and oxygen atoms in total. The van der Waals surface area contributed by atoms with Gasteiger partial charge in [0, 0.05) is 35.2 Å². The number of nitrogens with one attached hydrogen (secondary N) is 1. The lowest BCUT2D eigenvalue weighted by atomic mass is 9.82. The van der Waals surface area contributed by atoms with E-state index in [1.165, 1.54) is 29.3 Å². The van der Waals surface area contributed by atoms with Crippen molar-refractivity contribution in [2.24, 2.45) is 0 Å². The molecule has 2 rings (SSSR count). The smallest absolute Gasteiger partial charge is 0.0307 e. The lowest BCUT2D eigenvalue weighted by molar-refractivity contribution is 0.00262. The number of benzene rings is 1. The first kappa shape index (κ1) is 17.0. The van der Waals surface area contributed by atoms with Crippen molar-refractivity contribution < 1.29 is 0 Å². The zero-order valence-electron chi connectivity index (χ0n) is 13.9. The Labute approximate surface area is 138 Å². The summed E-state index contributed by atoms with van der Waals surface area (Å²) in [6, 6.07) is 8.61. The van der Waals surface area contributed by atoms with Gasteiger partial charge in [-0.25, -0.2) is 0 Å². The Morgan fingerprint density at radius 2 is 1.81 bits per heavy atom. The van der Waals surface area contributed by atoms with Crippen LogP contribution in [-0.2, 0) is 6.54 Å². The first-order valence-electron chi connectivity index (χ1n) is 8.22. The van der Waals surface area contributed by atoms with Gasteiger partial charge in [-0.2, -0.15) is 0 Å². The number of hydrogen-bond acceptors (Lipinski definition) is 2. The van der Waals surface area contributed by atoms with Crippen LogP contribution in [0, 0.1) is 0 Å². The van der Waals surface area contributed by atoms with Gasteiger partial charge in [0.2, 0.25) is 0 Å². The lowest BCUT2D eigenvalue weighted by Crippen LogP contribution is -2.68. The maximum atomic E-state index is 3.85. The Hall–Kier alpha value is -0.380. The maximum absolute atomic E-state index is 3.85. The van der Waals surface area contributed by atoms with Crippen molar-refractivity contribution in [2.45, 2.75) is 64.6 Å². The number of piperazine rings is 1. The number of hydrogen-bond donors (Lipinski definition) is 1. The molecular formula is C18H29BrN2. The van der Waals surface area contributed by atoms with Crippen molar-refractivity contribution in [3.8, 4) is 0 Å². The zero-order chi connectivity index (χ0) is 15.5. The van der Waals surface area contributed by atoms with Crippen molar-refractivity contribution in [1.82, 2.24) is 10.2 Å². The molecule has 1 fully saturated rings. The van der Waals surface area contributed by atoms with E-state index in [-0.39, 0.29) is 11.1 Å². The Kier molecular flexibility index (Phi) is 5.50. The van der Waals surface area contributed by atoms with Gasteiger partial charge in [0.05, 0.1) is 0 Å². The van der Waals surface area contributed by atoms with Gasteiger partial charge in [-0.05, 0) is 37.8 Å². The fraction of sp³-hybridized carbons (Fsp3) is 0.667. The minimum atomic E-state index is 0.239. The van der Waals surface area contributed by atoms with E-state index in [9.17, 15) is 0 Å².